The number of rotatable bonds is 4. The molecule has 1 aromatic carbocycles. The molecule has 1 aromatic rings. The lowest BCUT2D eigenvalue weighted by Gasteiger charge is -2.14. The maximum absolute atomic E-state index is 11.6. The second-order valence-corrected chi connectivity index (χ2v) is 6.46. The average molecular weight is 307 g/mol. The zero-order valence-electron chi connectivity index (χ0n) is 10.8. The molecule has 0 saturated carbocycles. The van der Waals surface area contributed by atoms with Crippen molar-refractivity contribution in [1.82, 2.24) is 0 Å². The smallest absolute Gasteiger partial charge is 0.339 e. The first-order valence-electron chi connectivity index (χ1n) is 5.52. The fourth-order valence-electron chi connectivity index (χ4n) is 1.55. The van der Waals surface area contributed by atoms with E-state index in [9.17, 15) is 18.3 Å². The van der Waals surface area contributed by atoms with Crippen LogP contribution in [0.5, 0.6) is 0 Å². The first kappa shape index (κ1) is 15.9. The van der Waals surface area contributed by atoms with Gasteiger partial charge in [-0.25, -0.2) is 13.2 Å². The van der Waals surface area contributed by atoms with Gasteiger partial charge in [-0.2, -0.15) is 0 Å². The van der Waals surface area contributed by atoms with Gasteiger partial charge in [0.05, 0.1) is 28.7 Å². The first-order chi connectivity index (χ1) is 8.72. The van der Waals surface area contributed by atoms with Crippen LogP contribution in [0.2, 0.25) is 5.02 Å². The first-order valence-corrected chi connectivity index (χ1v) is 7.79. The highest BCUT2D eigenvalue weighted by Crippen LogP contribution is 2.31. The molecule has 1 rings (SSSR count). The number of benzene rings is 1. The molecule has 0 heterocycles. The molecule has 1 atom stereocenters. The molecule has 0 amide bonds. The van der Waals surface area contributed by atoms with E-state index in [4.69, 9.17) is 11.6 Å². The molecule has 5 nitrogen and oxygen atoms in total. The number of aliphatic hydroxyl groups excluding tert-OH is 1. The number of ether oxygens (including phenoxy) is 1. The van der Waals surface area contributed by atoms with E-state index in [1.54, 1.807) is 6.92 Å². The Hall–Kier alpha value is -1.11. The summed E-state index contributed by atoms with van der Waals surface area (Å²) in [5.41, 5.74) is 0.127. The number of esters is 1. The monoisotopic (exact) mass is 306 g/mol. The van der Waals surface area contributed by atoms with Crippen molar-refractivity contribution in [3.63, 3.8) is 0 Å². The highest BCUT2D eigenvalue weighted by Gasteiger charge is 2.22. The van der Waals surface area contributed by atoms with E-state index in [-0.39, 0.29) is 21.0 Å². The molecule has 0 bridgehead atoms. The number of carbonyl (C=O) groups is 1. The van der Waals surface area contributed by atoms with Gasteiger partial charge in [0.2, 0.25) is 0 Å². The molecular weight excluding hydrogens is 292 g/mol. The summed E-state index contributed by atoms with van der Waals surface area (Å²) in [7, 11) is -2.36. The Bertz CT molecular complexity index is 594. The van der Waals surface area contributed by atoms with Gasteiger partial charge in [-0.1, -0.05) is 18.5 Å². The SMILES string of the molecule is CCC(O)c1cc(S(C)(=O)=O)cc(C(=O)OC)c1Cl. The minimum atomic E-state index is -3.53. The van der Waals surface area contributed by atoms with E-state index < -0.39 is 21.9 Å². The molecule has 1 N–H and O–H groups in total. The molecule has 0 spiro atoms. The third-order valence-corrected chi connectivity index (χ3v) is 4.17. The molecule has 0 aliphatic heterocycles. The second-order valence-electron chi connectivity index (χ2n) is 4.06. The molecule has 106 valence electrons. The van der Waals surface area contributed by atoms with Gasteiger partial charge in [0.25, 0.3) is 0 Å². The number of aliphatic hydroxyl groups is 1. The van der Waals surface area contributed by atoms with Crippen LogP contribution >= 0.6 is 11.6 Å². The fraction of sp³-hybridized carbons (Fsp3) is 0.417. The van der Waals surface area contributed by atoms with Gasteiger partial charge in [0.15, 0.2) is 9.84 Å². The summed E-state index contributed by atoms with van der Waals surface area (Å²) in [6.07, 6.45) is 0.407. The molecule has 0 aliphatic carbocycles. The van der Waals surface area contributed by atoms with Crippen LogP contribution in [-0.4, -0.2) is 32.9 Å². The summed E-state index contributed by atoms with van der Waals surface area (Å²) >= 11 is 6.02. The molecule has 0 fully saturated rings. The van der Waals surface area contributed by atoms with Crippen LogP contribution in [0.4, 0.5) is 0 Å². The highest BCUT2D eigenvalue weighted by molar-refractivity contribution is 7.90. The van der Waals surface area contributed by atoms with Gasteiger partial charge in [0, 0.05) is 11.8 Å². The van der Waals surface area contributed by atoms with Crippen molar-refractivity contribution >= 4 is 27.4 Å². The fourth-order valence-corrected chi connectivity index (χ4v) is 2.54. The lowest BCUT2D eigenvalue weighted by atomic mass is 10.0. The maximum Gasteiger partial charge on any atom is 0.339 e. The summed E-state index contributed by atoms with van der Waals surface area (Å²) in [4.78, 5) is 11.5. The van der Waals surface area contributed by atoms with Crippen LogP contribution < -0.4 is 0 Å². The van der Waals surface area contributed by atoms with Gasteiger partial charge in [-0.15, -0.1) is 0 Å². The van der Waals surface area contributed by atoms with Crippen LogP contribution in [0, 0.1) is 0 Å². The van der Waals surface area contributed by atoms with Crippen molar-refractivity contribution in [1.29, 1.82) is 0 Å². The average Bonchev–Trinajstić information content (AvgIpc) is 2.35. The number of methoxy groups -OCH3 is 1. The number of carbonyl (C=O) groups excluding carboxylic acids is 1. The van der Waals surface area contributed by atoms with Gasteiger partial charge >= 0.3 is 5.97 Å². The largest absolute Gasteiger partial charge is 0.465 e. The molecule has 7 heteroatoms. The van der Waals surface area contributed by atoms with Crippen molar-refractivity contribution in [2.45, 2.75) is 24.3 Å². The van der Waals surface area contributed by atoms with Crippen molar-refractivity contribution in [2.75, 3.05) is 13.4 Å². The maximum atomic E-state index is 11.6. The predicted molar refractivity (Wildman–Crippen MR) is 71.2 cm³/mol. The van der Waals surface area contributed by atoms with Crippen molar-refractivity contribution in [3.8, 4) is 0 Å². The predicted octanol–water partition coefficient (Wildman–Crippen LogP) is 1.97. The Morgan fingerprint density at radius 1 is 1.47 bits per heavy atom. The number of sulfone groups is 1. The van der Waals surface area contributed by atoms with Crippen molar-refractivity contribution < 1.29 is 23.1 Å². The van der Waals surface area contributed by atoms with Crippen LogP contribution in [0.3, 0.4) is 0 Å². The summed E-state index contributed by atoms with van der Waals surface area (Å²) in [6.45, 7) is 1.71. The minimum absolute atomic E-state index is 0.00796. The van der Waals surface area contributed by atoms with E-state index in [1.807, 2.05) is 0 Å². The van der Waals surface area contributed by atoms with Crippen molar-refractivity contribution in [3.05, 3.63) is 28.3 Å². The molecule has 19 heavy (non-hydrogen) atoms. The highest BCUT2D eigenvalue weighted by atomic mass is 35.5. The molecule has 0 aromatic heterocycles. The van der Waals surface area contributed by atoms with Crippen LogP contribution in [0.1, 0.15) is 35.4 Å². The zero-order chi connectivity index (χ0) is 14.8. The Kier molecular flexibility index (Phi) is 4.95. The van der Waals surface area contributed by atoms with E-state index >= 15 is 0 Å². The van der Waals surface area contributed by atoms with Crippen LogP contribution in [0.25, 0.3) is 0 Å². The number of halogens is 1. The molecule has 0 radical (unpaired) electrons. The third-order valence-electron chi connectivity index (χ3n) is 2.65. The third kappa shape index (κ3) is 3.46. The van der Waals surface area contributed by atoms with Crippen LogP contribution in [0.15, 0.2) is 17.0 Å². The number of hydrogen-bond donors (Lipinski definition) is 1. The summed E-state index contributed by atoms with van der Waals surface area (Å²) < 4.78 is 27.7. The van der Waals surface area contributed by atoms with Crippen molar-refractivity contribution in [2.24, 2.45) is 0 Å². The normalized spacial score (nSPS) is 13.1. The van der Waals surface area contributed by atoms with Gasteiger partial charge < -0.3 is 9.84 Å². The summed E-state index contributed by atoms with van der Waals surface area (Å²) in [5.74, 6) is -0.750. The van der Waals surface area contributed by atoms with E-state index in [2.05, 4.69) is 4.74 Å². The standard InChI is InChI=1S/C12H15ClO5S/c1-4-10(14)8-5-7(19(3,16)17)6-9(11(8)13)12(15)18-2/h5-6,10,14H,4H2,1-3H3. The van der Waals surface area contributed by atoms with Gasteiger partial charge in [0.1, 0.15) is 0 Å². The quantitative estimate of drug-likeness (QED) is 0.860. The Labute approximate surface area is 117 Å². The Morgan fingerprint density at radius 3 is 2.47 bits per heavy atom. The lowest BCUT2D eigenvalue weighted by Crippen LogP contribution is -2.09. The summed E-state index contributed by atoms with van der Waals surface area (Å²) in [6, 6.07) is 2.42. The van der Waals surface area contributed by atoms with Gasteiger partial charge in [-0.3, -0.25) is 0 Å². The van der Waals surface area contributed by atoms with E-state index in [1.165, 1.54) is 13.2 Å². The molecule has 0 aliphatic rings. The molecular formula is C12H15ClO5S. The van der Waals surface area contributed by atoms with E-state index in [0.29, 0.717) is 6.42 Å². The number of hydrogen-bond acceptors (Lipinski definition) is 5. The Morgan fingerprint density at radius 2 is 2.05 bits per heavy atom. The summed E-state index contributed by atoms with van der Waals surface area (Å²) in [5, 5.41) is 9.86. The topological polar surface area (TPSA) is 80.7 Å². The zero-order valence-corrected chi connectivity index (χ0v) is 12.4. The lowest BCUT2D eigenvalue weighted by molar-refractivity contribution is 0.0600. The molecule has 1 unspecified atom stereocenters. The van der Waals surface area contributed by atoms with Gasteiger partial charge in [-0.05, 0) is 18.6 Å². The van der Waals surface area contributed by atoms with E-state index in [0.717, 1.165) is 12.3 Å². The van der Waals surface area contributed by atoms with Crippen LogP contribution in [-0.2, 0) is 14.6 Å². The Balaban J connectivity index is 3.61. The second kappa shape index (κ2) is 5.90. The molecule has 0 saturated heterocycles. The minimum Gasteiger partial charge on any atom is -0.465 e.